The third-order valence-corrected chi connectivity index (χ3v) is 8.71. The number of phenolic OH excluding ortho intramolecular Hbond substituents is 2. The van der Waals surface area contributed by atoms with Crippen LogP contribution in [0.5, 0.6) is 23.0 Å². The van der Waals surface area contributed by atoms with Crippen LogP contribution in [-0.4, -0.2) is 31.4 Å². The summed E-state index contributed by atoms with van der Waals surface area (Å²) in [7, 11) is 0. The molecule has 8 rings (SSSR count). The van der Waals surface area contributed by atoms with Crippen LogP contribution >= 0.6 is 0 Å². The van der Waals surface area contributed by atoms with E-state index in [4.69, 9.17) is 9.47 Å². The van der Waals surface area contributed by atoms with E-state index in [1.165, 1.54) is 0 Å². The third kappa shape index (κ3) is 3.32. The molecule has 42 heavy (non-hydrogen) atoms. The molecule has 4 heterocycles. The maximum Gasteiger partial charge on any atom is 0.132 e. The lowest BCUT2D eigenvalue weighted by atomic mass is 9.91. The van der Waals surface area contributed by atoms with E-state index in [0.29, 0.717) is 11.1 Å². The van der Waals surface area contributed by atoms with Crippen molar-refractivity contribution >= 4 is 55.8 Å². The van der Waals surface area contributed by atoms with E-state index in [-0.39, 0.29) is 11.5 Å². The van der Waals surface area contributed by atoms with Gasteiger partial charge in [-0.3, -0.25) is 0 Å². The van der Waals surface area contributed by atoms with Gasteiger partial charge in [0, 0.05) is 54.8 Å². The van der Waals surface area contributed by atoms with Crippen molar-refractivity contribution in [3.05, 3.63) is 70.8 Å². The van der Waals surface area contributed by atoms with Crippen molar-refractivity contribution in [2.24, 2.45) is 0 Å². The van der Waals surface area contributed by atoms with Gasteiger partial charge in [0.1, 0.15) is 34.2 Å². The number of aromatic nitrogens is 2. The molecule has 2 aromatic heterocycles. The summed E-state index contributed by atoms with van der Waals surface area (Å²) in [4.78, 5) is 7.19. The molecule has 4 N–H and O–H groups in total. The Labute approximate surface area is 242 Å². The van der Waals surface area contributed by atoms with Gasteiger partial charge in [-0.05, 0) is 113 Å². The van der Waals surface area contributed by atoms with Gasteiger partial charge in [0.15, 0.2) is 0 Å². The molecular weight excluding hydrogens is 524 g/mol. The van der Waals surface area contributed by atoms with E-state index in [0.717, 1.165) is 77.4 Å². The zero-order chi connectivity index (χ0) is 29.3. The number of aryl methyl sites for hydroxylation is 2. The normalized spacial score (nSPS) is 16.6. The Morgan fingerprint density at radius 3 is 1.43 bits per heavy atom. The number of rotatable bonds is 1. The molecule has 0 bridgehead atoms. The Morgan fingerprint density at radius 2 is 1.02 bits per heavy atom. The summed E-state index contributed by atoms with van der Waals surface area (Å²) >= 11 is 0. The molecule has 2 aliphatic heterocycles. The van der Waals surface area contributed by atoms with Crippen LogP contribution in [0.1, 0.15) is 49.9 Å². The number of hydrogen-bond donors (Lipinski definition) is 4. The zero-order valence-corrected chi connectivity index (χ0v) is 24.5. The summed E-state index contributed by atoms with van der Waals surface area (Å²) < 4.78 is 12.7. The average Bonchev–Trinajstić information content (AvgIpc) is 3.47. The van der Waals surface area contributed by atoms with Crippen molar-refractivity contribution in [2.45, 2.75) is 52.7 Å². The van der Waals surface area contributed by atoms with Gasteiger partial charge in [0.2, 0.25) is 0 Å². The fourth-order valence-corrected chi connectivity index (χ4v) is 6.79. The molecule has 6 heteroatoms. The number of H-pyrrole nitrogens is 2. The van der Waals surface area contributed by atoms with Crippen LogP contribution in [0.4, 0.5) is 0 Å². The lowest BCUT2D eigenvalue weighted by Gasteiger charge is -2.29. The molecule has 6 aromatic rings. The molecule has 6 nitrogen and oxygen atoms in total. The highest BCUT2D eigenvalue weighted by Crippen LogP contribution is 2.51. The quantitative estimate of drug-likeness (QED) is 0.163. The summed E-state index contributed by atoms with van der Waals surface area (Å²) in [5.74, 6) is 1.91. The number of nitrogens with one attached hydrogen (secondary N) is 2. The number of aromatic hydroxyl groups is 2. The molecule has 0 aliphatic carbocycles. The second-order valence-corrected chi connectivity index (χ2v) is 12.8. The summed E-state index contributed by atoms with van der Waals surface area (Å²) in [6, 6.07) is 11.4. The van der Waals surface area contributed by atoms with E-state index in [2.05, 4.69) is 60.3 Å². The SMILES string of the molecule is Cc1cc2c([nH]c3ccc(O)c(-c4c(O)ccc5[nH]c6c7c(c(C)cc6c45)OC(C)(C)C=C7)c32)c2c1OC(C)(C)C=C2. The molecule has 0 spiro atoms. The molecule has 0 atom stereocenters. The van der Waals surface area contributed by atoms with Crippen molar-refractivity contribution in [2.75, 3.05) is 0 Å². The van der Waals surface area contributed by atoms with Crippen molar-refractivity contribution in [3.8, 4) is 34.1 Å². The summed E-state index contributed by atoms with van der Waals surface area (Å²) in [5, 5.41) is 26.6. The number of aromatic amines is 2. The largest absolute Gasteiger partial charge is 0.507 e. The number of ether oxygens (including phenoxy) is 2. The van der Waals surface area contributed by atoms with Crippen LogP contribution in [-0.2, 0) is 0 Å². The summed E-state index contributed by atoms with van der Waals surface area (Å²) in [6.45, 7) is 12.3. The predicted octanol–water partition coefficient (Wildman–Crippen LogP) is 9.02. The minimum absolute atomic E-state index is 0.100. The first kappa shape index (κ1) is 24.9. The van der Waals surface area contributed by atoms with Gasteiger partial charge < -0.3 is 29.7 Å². The minimum Gasteiger partial charge on any atom is -0.507 e. The van der Waals surface area contributed by atoms with Gasteiger partial charge in [-0.25, -0.2) is 0 Å². The van der Waals surface area contributed by atoms with Crippen LogP contribution < -0.4 is 9.47 Å². The second kappa shape index (κ2) is 7.91. The average molecular weight is 557 g/mol. The number of hydrogen-bond acceptors (Lipinski definition) is 4. The summed E-state index contributed by atoms with van der Waals surface area (Å²) in [6.07, 6.45) is 8.37. The summed E-state index contributed by atoms with van der Waals surface area (Å²) in [5.41, 5.74) is 7.98. The molecule has 0 saturated carbocycles. The van der Waals surface area contributed by atoms with Crippen molar-refractivity contribution in [1.82, 2.24) is 9.97 Å². The van der Waals surface area contributed by atoms with E-state index >= 15 is 0 Å². The predicted molar refractivity (Wildman–Crippen MR) is 171 cm³/mol. The Kier molecular flexibility index (Phi) is 4.69. The Morgan fingerprint density at radius 1 is 0.619 bits per heavy atom. The molecule has 0 radical (unpaired) electrons. The first-order valence-electron chi connectivity index (χ1n) is 14.3. The van der Waals surface area contributed by atoms with E-state index in [1.54, 1.807) is 12.1 Å². The fraction of sp³-hybridized carbons (Fsp3) is 0.222. The van der Waals surface area contributed by atoms with Gasteiger partial charge >= 0.3 is 0 Å². The molecular formula is C36H32N2O4. The van der Waals surface area contributed by atoms with Gasteiger partial charge in [-0.1, -0.05) is 0 Å². The molecule has 210 valence electrons. The molecule has 0 amide bonds. The first-order chi connectivity index (χ1) is 19.9. The van der Waals surface area contributed by atoms with Gasteiger partial charge in [0.05, 0.1) is 11.0 Å². The highest BCUT2D eigenvalue weighted by molar-refractivity contribution is 6.24. The third-order valence-electron chi connectivity index (χ3n) is 8.71. The van der Waals surface area contributed by atoms with Gasteiger partial charge in [-0.15, -0.1) is 0 Å². The van der Waals surface area contributed by atoms with Crippen LogP contribution in [0.15, 0.2) is 48.6 Å². The molecule has 0 fully saturated rings. The lowest BCUT2D eigenvalue weighted by Crippen LogP contribution is -2.28. The number of benzene rings is 4. The molecule has 2 aliphatic rings. The van der Waals surface area contributed by atoms with Crippen molar-refractivity contribution < 1.29 is 19.7 Å². The Balaban J connectivity index is 1.49. The van der Waals surface area contributed by atoms with Crippen molar-refractivity contribution in [3.63, 3.8) is 0 Å². The van der Waals surface area contributed by atoms with Crippen LogP contribution in [0.3, 0.4) is 0 Å². The van der Waals surface area contributed by atoms with E-state index in [1.807, 2.05) is 39.8 Å². The van der Waals surface area contributed by atoms with Crippen LogP contribution in [0.2, 0.25) is 0 Å². The highest BCUT2D eigenvalue weighted by atomic mass is 16.5. The minimum atomic E-state index is -0.398. The van der Waals surface area contributed by atoms with Gasteiger partial charge in [0.25, 0.3) is 0 Å². The highest BCUT2D eigenvalue weighted by Gasteiger charge is 2.30. The van der Waals surface area contributed by atoms with Crippen LogP contribution in [0.25, 0.3) is 66.9 Å². The number of phenols is 2. The zero-order valence-electron chi connectivity index (χ0n) is 24.5. The molecule has 4 aromatic carbocycles. The van der Waals surface area contributed by atoms with E-state index < -0.39 is 11.2 Å². The Hall–Kier alpha value is -4.84. The first-order valence-corrected chi connectivity index (χ1v) is 14.3. The second-order valence-electron chi connectivity index (χ2n) is 12.8. The van der Waals surface area contributed by atoms with Crippen molar-refractivity contribution in [1.29, 1.82) is 0 Å². The topological polar surface area (TPSA) is 90.5 Å². The fourth-order valence-electron chi connectivity index (χ4n) is 6.79. The molecule has 0 saturated heterocycles. The lowest BCUT2D eigenvalue weighted by molar-refractivity contribution is 0.157. The molecule has 0 unspecified atom stereocenters. The maximum absolute atomic E-state index is 11.5. The van der Waals surface area contributed by atoms with Crippen LogP contribution in [0, 0.1) is 13.8 Å². The standard InChI is InChI=1S/C36H32N2O4/c1-17-15-21-27-23(37-31(21)19-11-13-35(3,4)41-33(17)19)7-9-25(39)29(27)30-26(40)10-8-24-28(30)22-16-18(2)34-20(32(22)38-24)12-14-36(5,6)42-34/h7-16,37-40H,1-6H3. The number of fused-ring (bicyclic) bond motifs is 10. The monoisotopic (exact) mass is 556 g/mol. The van der Waals surface area contributed by atoms with Gasteiger partial charge in [-0.2, -0.15) is 0 Å². The maximum atomic E-state index is 11.5. The Bertz CT molecular complexity index is 2080. The van der Waals surface area contributed by atoms with E-state index in [9.17, 15) is 10.2 Å². The smallest absolute Gasteiger partial charge is 0.132 e.